The van der Waals surface area contributed by atoms with Crippen molar-refractivity contribution in [3.05, 3.63) is 0 Å². The van der Waals surface area contributed by atoms with E-state index >= 15 is 0 Å². The van der Waals surface area contributed by atoms with Crippen molar-refractivity contribution in [2.45, 2.75) is 38.6 Å². The molecule has 88 valence electrons. The summed E-state index contributed by atoms with van der Waals surface area (Å²) >= 11 is 0. The SMILES string of the molecule is CCCNC(CN1CCCCC1)C(=O)O. The van der Waals surface area contributed by atoms with E-state index in [0.29, 0.717) is 6.54 Å². The molecule has 1 saturated heterocycles. The van der Waals surface area contributed by atoms with E-state index in [-0.39, 0.29) is 0 Å². The topological polar surface area (TPSA) is 52.6 Å². The number of rotatable bonds is 6. The van der Waals surface area contributed by atoms with Crippen LogP contribution in [0.15, 0.2) is 0 Å². The van der Waals surface area contributed by atoms with E-state index in [4.69, 9.17) is 5.11 Å². The van der Waals surface area contributed by atoms with Crippen LogP contribution in [0.3, 0.4) is 0 Å². The summed E-state index contributed by atoms with van der Waals surface area (Å²) in [5.41, 5.74) is 0. The lowest BCUT2D eigenvalue weighted by molar-refractivity contribution is -0.140. The molecule has 4 heteroatoms. The van der Waals surface area contributed by atoms with Crippen molar-refractivity contribution < 1.29 is 9.90 Å². The molecular weight excluding hydrogens is 192 g/mol. The predicted molar refractivity (Wildman–Crippen MR) is 60.0 cm³/mol. The third-order valence-corrected chi connectivity index (χ3v) is 2.83. The molecule has 1 unspecified atom stereocenters. The van der Waals surface area contributed by atoms with E-state index in [1.807, 2.05) is 6.92 Å². The minimum atomic E-state index is -0.728. The standard InChI is InChI=1S/C11H22N2O2/c1-2-6-12-10(11(14)15)9-13-7-4-3-5-8-13/h10,12H,2-9H2,1H3,(H,14,15). The molecule has 0 aliphatic carbocycles. The monoisotopic (exact) mass is 214 g/mol. The lowest BCUT2D eigenvalue weighted by Crippen LogP contribution is -2.47. The van der Waals surface area contributed by atoms with Gasteiger partial charge in [0.05, 0.1) is 0 Å². The predicted octanol–water partition coefficient (Wildman–Crippen LogP) is 0.925. The van der Waals surface area contributed by atoms with Crippen LogP contribution in [-0.4, -0.2) is 48.2 Å². The van der Waals surface area contributed by atoms with E-state index in [1.54, 1.807) is 0 Å². The van der Waals surface area contributed by atoms with Gasteiger partial charge >= 0.3 is 5.97 Å². The molecule has 0 spiro atoms. The highest BCUT2D eigenvalue weighted by Crippen LogP contribution is 2.08. The number of aliphatic carboxylic acids is 1. The highest BCUT2D eigenvalue weighted by molar-refractivity contribution is 5.73. The van der Waals surface area contributed by atoms with Gasteiger partial charge in [-0.3, -0.25) is 4.79 Å². The van der Waals surface area contributed by atoms with Crippen molar-refractivity contribution in [3.63, 3.8) is 0 Å². The van der Waals surface area contributed by atoms with Crippen LogP contribution in [-0.2, 0) is 4.79 Å². The van der Waals surface area contributed by atoms with Gasteiger partial charge in [0.15, 0.2) is 0 Å². The molecular formula is C11H22N2O2. The molecule has 1 aliphatic rings. The molecule has 4 nitrogen and oxygen atoms in total. The third-order valence-electron chi connectivity index (χ3n) is 2.83. The van der Waals surface area contributed by atoms with Gasteiger partial charge in [0.2, 0.25) is 0 Å². The minimum absolute atomic E-state index is 0.400. The molecule has 0 saturated carbocycles. The molecule has 15 heavy (non-hydrogen) atoms. The van der Waals surface area contributed by atoms with E-state index < -0.39 is 12.0 Å². The summed E-state index contributed by atoms with van der Waals surface area (Å²) in [4.78, 5) is 13.2. The van der Waals surface area contributed by atoms with Gasteiger partial charge < -0.3 is 15.3 Å². The number of hydrogen-bond acceptors (Lipinski definition) is 3. The molecule has 1 heterocycles. The Balaban J connectivity index is 2.31. The Bertz CT molecular complexity index is 191. The first-order valence-corrected chi connectivity index (χ1v) is 5.92. The van der Waals surface area contributed by atoms with Crippen LogP contribution in [0.25, 0.3) is 0 Å². The summed E-state index contributed by atoms with van der Waals surface area (Å²) < 4.78 is 0. The first kappa shape index (κ1) is 12.5. The van der Waals surface area contributed by atoms with Crippen LogP contribution in [0.1, 0.15) is 32.6 Å². The smallest absolute Gasteiger partial charge is 0.322 e. The Kier molecular flexibility index (Phi) is 5.65. The minimum Gasteiger partial charge on any atom is -0.480 e. The maximum absolute atomic E-state index is 11.0. The molecule has 1 fully saturated rings. The zero-order chi connectivity index (χ0) is 11.1. The lowest BCUT2D eigenvalue weighted by Gasteiger charge is -2.29. The zero-order valence-electron chi connectivity index (χ0n) is 9.54. The Labute approximate surface area is 91.6 Å². The molecule has 0 radical (unpaired) electrons. The van der Waals surface area contributed by atoms with Gasteiger partial charge in [0.25, 0.3) is 0 Å². The van der Waals surface area contributed by atoms with Crippen LogP contribution in [0, 0.1) is 0 Å². The quantitative estimate of drug-likeness (QED) is 0.690. The second-order valence-electron chi connectivity index (χ2n) is 4.21. The zero-order valence-corrected chi connectivity index (χ0v) is 9.54. The van der Waals surface area contributed by atoms with Gasteiger partial charge in [0, 0.05) is 6.54 Å². The second-order valence-corrected chi connectivity index (χ2v) is 4.21. The van der Waals surface area contributed by atoms with E-state index in [2.05, 4.69) is 10.2 Å². The van der Waals surface area contributed by atoms with Crippen molar-refractivity contribution in [2.24, 2.45) is 0 Å². The van der Waals surface area contributed by atoms with Crippen molar-refractivity contribution in [1.29, 1.82) is 0 Å². The molecule has 0 amide bonds. The van der Waals surface area contributed by atoms with E-state index in [0.717, 1.165) is 26.1 Å². The molecule has 1 aliphatic heterocycles. The van der Waals surface area contributed by atoms with Gasteiger partial charge in [-0.05, 0) is 38.9 Å². The Morgan fingerprint density at radius 1 is 1.40 bits per heavy atom. The highest BCUT2D eigenvalue weighted by atomic mass is 16.4. The summed E-state index contributed by atoms with van der Waals surface area (Å²) in [5.74, 6) is -0.728. The number of nitrogens with zero attached hydrogens (tertiary/aromatic N) is 1. The lowest BCUT2D eigenvalue weighted by atomic mass is 10.1. The van der Waals surface area contributed by atoms with Gasteiger partial charge in [-0.25, -0.2) is 0 Å². The fourth-order valence-corrected chi connectivity index (χ4v) is 1.95. The Morgan fingerprint density at radius 3 is 2.60 bits per heavy atom. The number of carboxylic acid groups (broad SMARTS) is 1. The number of carboxylic acids is 1. The largest absolute Gasteiger partial charge is 0.480 e. The van der Waals surface area contributed by atoms with Crippen LogP contribution >= 0.6 is 0 Å². The molecule has 2 N–H and O–H groups in total. The van der Waals surface area contributed by atoms with Gasteiger partial charge in [-0.1, -0.05) is 13.3 Å². The van der Waals surface area contributed by atoms with Crippen LogP contribution in [0.4, 0.5) is 0 Å². The van der Waals surface area contributed by atoms with Crippen LogP contribution < -0.4 is 5.32 Å². The third kappa shape index (κ3) is 4.62. The first-order valence-electron chi connectivity index (χ1n) is 5.92. The van der Waals surface area contributed by atoms with Crippen molar-refractivity contribution in [3.8, 4) is 0 Å². The van der Waals surface area contributed by atoms with Crippen molar-refractivity contribution in [1.82, 2.24) is 10.2 Å². The summed E-state index contributed by atoms with van der Waals surface area (Å²) in [6, 6.07) is -0.400. The molecule has 0 aromatic carbocycles. The molecule has 0 aromatic heterocycles. The van der Waals surface area contributed by atoms with Crippen LogP contribution in [0.2, 0.25) is 0 Å². The van der Waals surface area contributed by atoms with Gasteiger partial charge in [-0.15, -0.1) is 0 Å². The first-order chi connectivity index (χ1) is 7.24. The highest BCUT2D eigenvalue weighted by Gasteiger charge is 2.21. The van der Waals surface area contributed by atoms with Crippen LogP contribution in [0.5, 0.6) is 0 Å². The number of piperidine rings is 1. The normalized spacial score (nSPS) is 20.1. The number of likely N-dealkylation sites (tertiary alicyclic amines) is 1. The number of carbonyl (C=O) groups is 1. The molecule has 1 rings (SSSR count). The molecule has 0 bridgehead atoms. The maximum Gasteiger partial charge on any atom is 0.322 e. The van der Waals surface area contributed by atoms with Gasteiger partial charge in [-0.2, -0.15) is 0 Å². The molecule has 0 aromatic rings. The van der Waals surface area contributed by atoms with Gasteiger partial charge in [0.1, 0.15) is 6.04 Å². The average molecular weight is 214 g/mol. The summed E-state index contributed by atoms with van der Waals surface area (Å²) in [5, 5.41) is 12.1. The summed E-state index contributed by atoms with van der Waals surface area (Å²) in [7, 11) is 0. The Hall–Kier alpha value is -0.610. The fraction of sp³-hybridized carbons (Fsp3) is 0.909. The van der Waals surface area contributed by atoms with E-state index in [1.165, 1.54) is 19.3 Å². The fourth-order valence-electron chi connectivity index (χ4n) is 1.95. The van der Waals surface area contributed by atoms with Crippen molar-refractivity contribution in [2.75, 3.05) is 26.2 Å². The maximum atomic E-state index is 11.0. The molecule has 1 atom stereocenters. The summed E-state index contributed by atoms with van der Waals surface area (Å²) in [6.45, 7) is 5.59. The van der Waals surface area contributed by atoms with Crippen molar-refractivity contribution >= 4 is 5.97 Å². The number of hydrogen-bond donors (Lipinski definition) is 2. The van der Waals surface area contributed by atoms with E-state index in [9.17, 15) is 4.79 Å². The Morgan fingerprint density at radius 2 is 2.07 bits per heavy atom. The number of nitrogens with one attached hydrogen (secondary N) is 1. The second kappa shape index (κ2) is 6.80. The average Bonchev–Trinajstić information content (AvgIpc) is 2.25. The summed E-state index contributed by atoms with van der Waals surface area (Å²) in [6.07, 6.45) is 4.68.